The molecule has 0 aliphatic carbocycles. The van der Waals surface area contributed by atoms with Crippen LogP contribution in [0.4, 0.5) is 5.69 Å². The van der Waals surface area contributed by atoms with Gasteiger partial charge >= 0.3 is 0 Å². The fraction of sp³-hybridized carbons (Fsp3) is 0.400. The lowest BCUT2D eigenvalue weighted by atomic mass is 10.1. The largest absolute Gasteiger partial charge is 0.384 e. The molecule has 1 aromatic rings. The van der Waals surface area contributed by atoms with Gasteiger partial charge in [-0.1, -0.05) is 17.9 Å². The van der Waals surface area contributed by atoms with Crippen molar-refractivity contribution in [2.75, 3.05) is 25.1 Å². The number of aliphatic hydroxyl groups excluding tert-OH is 1. The number of amides is 1. The Morgan fingerprint density at radius 3 is 2.95 bits per heavy atom. The molecule has 0 spiro atoms. The van der Waals surface area contributed by atoms with Crippen LogP contribution >= 0.6 is 0 Å². The van der Waals surface area contributed by atoms with Crippen LogP contribution in [-0.2, 0) is 9.53 Å². The van der Waals surface area contributed by atoms with Crippen molar-refractivity contribution in [3.63, 3.8) is 0 Å². The number of carbonyl (C=O) groups is 1. The summed E-state index contributed by atoms with van der Waals surface area (Å²) in [5.74, 6) is 5.31. The molecule has 0 radical (unpaired) electrons. The Hall–Kier alpha value is -1.83. The minimum atomic E-state index is -0.177. The highest BCUT2D eigenvalue weighted by Gasteiger charge is 2.05. The van der Waals surface area contributed by atoms with Crippen LogP contribution in [0, 0.1) is 18.8 Å². The molecule has 1 rings (SSSR count). The molecule has 19 heavy (non-hydrogen) atoms. The quantitative estimate of drug-likeness (QED) is 0.626. The fourth-order valence-corrected chi connectivity index (χ4v) is 1.50. The van der Waals surface area contributed by atoms with E-state index in [2.05, 4.69) is 17.2 Å². The van der Waals surface area contributed by atoms with Crippen LogP contribution in [0.2, 0.25) is 0 Å². The lowest BCUT2D eigenvalue weighted by Gasteiger charge is -2.09. The first-order valence-corrected chi connectivity index (χ1v) is 6.25. The van der Waals surface area contributed by atoms with Crippen LogP contribution in [0.3, 0.4) is 0 Å². The van der Waals surface area contributed by atoms with Gasteiger partial charge in [-0.05, 0) is 31.5 Å². The first-order valence-electron chi connectivity index (χ1n) is 6.25. The Kier molecular flexibility index (Phi) is 6.65. The standard InChI is InChI=1S/C15H19NO3/c1-3-19-10-8-15(18)16-14-11-13(5-4-9-17)7-6-12(14)2/h6-7,11,17H,3,8-10H2,1-2H3,(H,16,18). The average molecular weight is 261 g/mol. The summed E-state index contributed by atoms with van der Waals surface area (Å²) in [6, 6.07) is 5.55. The van der Waals surface area contributed by atoms with Crippen LogP contribution in [0.5, 0.6) is 0 Å². The van der Waals surface area contributed by atoms with Crippen LogP contribution in [0.15, 0.2) is 18.2 Å². The lowest BCUT2D eigenvalue weighted by molar-refractivity contribution is -0.117. The maximum absolute atomic E-state index is 11.7. The Balaban J connectivity index is 2.68. The van der Waals surface area contributed by atoms with Crippen LogP contribution in [0.1, 0.15) is 24.5 Å². The van der Waals surface area contributed by atoms with Crippen molar-refractivity contribution in [1.29, 1.82) is 0 Å². The molecule has 4 heteroatoms. The second-order valence-corrected chi connectivity index (χ2v) is 3.98. The molecule has 0 heterocycles. The van der Waals surface area contributed by atoms with E-state index in [0.717, 1.165) is 16.8 Å². The average Bonchev–Trinajstić information content (AvgIpc) is 2.40. The first kappa shape index (κ1) is 15.2. The molecule has 0 saturated carbocycles. The molecule has 1 amide bonds. The van der Waals surface area contributed by atoms with E-state index in [0.29, 0.717) is 19.6 Å². The number of ether oxygens (including phenoxy) is 1. The van der Waals surface area contributed by atoms with Crippen LogP contribution < -0.4 is 5.32 Å². The summed E-state index contributed by atoms with van der Waals surface area (Å²) in [6.45, 7) is 4.67. The van der Waals surface area contributed by atoms with E-state index in [9.17, 15) is 4.79 Å². The molecule has 0 aliphatic rings. The second kappa shape index (κ2) is 8.30. The topological polar surface area (TPSA) is 58.6 Å². The molecule has 0 unspecified atom stereocenters. The molecule has 0 fully saturated rings. The SMILES string of the molecule is CCOCCC(=O)Nc1cc(C#CCO)ccc1C. The Bertz CT molecular complexity index is 486. The van der Waals surface area contributed by atoms with Crippen molar-refractivity contribution in [2.45, 2.75) is 20.3 Å². The van der Waals surface area contributed by atoms with Gasteiger partial charge in [-0.25, -0.2) is 0 Å². The zero-order valence-corrected chi connectivity index (χ0v) is 11.3. The zero-order valence-electron chi connectivity index (χ0n) is 11.3. The van der Waals surface area contributed by atoms with E-state index >= 15 is 0 Å². The van der Waals surface area contributed by atoms with E-state index < -0.39 is 0 Å². The van der Waals surface area contributed by atoms with Gasteiger partial charge in [0.1, 0.15) is 6.61 Å². The van der Waals surface area contributed by atoms with Crippen molar-refractivity contribution in [1.82, 2.24) is 0 Å². The van der Waals surface area contributed by atoms with Crippen molar-refractivity contribution in [3.8, 4) is 11.8 Å². The van der Waals surface area contributed by atoms with Gasteiger partial charge < -0.3 is 15.2 Å². The van der Waals surface area contributed by atoms with Gasteiger partial charge in [0.25, 0.3) is 0 Å². The number of nitrogens with one attached hydrogen (secondary N) is 1. The Morgan fingerprint density at radius 2 is 2.26 bits per heavy atom. The molecule has 0 aliphatic heterocycles. The molecule has 0 atom stereocenters. The summed E-state index contributed by atoms with van der Waals surface area (Å²) >= 11 is 0. The van der Waals surface area contributed by atoms with Crippen LogP contribution in [0.25, 0.3) is 0 Å². The third-order valence-corrected chi connectivity index (χ3v) is 2.50. The minimum Gasteiger partial charge on any atom is -0.384 e. The molecule has 102 valence electrons. The van der Waals surface area contributed by atoms with Crippen molar-refractivity contribution in [3.05, 3.63) is 29.3 Å². The summed E-state index contributed by atoms with van der Waals surface area (Å²) < 4.78 is 5.14. The Labute approximate surface area is 113 Å². The molecule has 0 bridgehead atoms. The summed E-state index contributed by atoms with van der Waals surface area (Å²) in [6.07, 6.45) is 0.333. The number of hydrogen-bond acceptors (Lipinski definition) is 3. The van der Waals surface area contributed by atoms with Gasteiger partial charge in [0.05, 0.1) is 13.0 Å². The van der Waals surface area contributed by atoms with Gasteiger partial charge in [-0.15, -0.1) is 0 Å². The third-order valence-electron chi connectivity index (χ3n) is 2.50. The van der Waals surface area contributed by atoms with Crippen molar-refractivity contribution >= 4 is 11.6 Å². The summed E-state index contributed by atoms with van der Waals surface area (Å²) in [5.41, 5.74) is 2.48. The highest BCUT2D eigenvalue weighted by Crippen LogP contribution is 2.16. The second-order valence-electron chi connectivity index (χ2n) is 3.98. The summed E-state index contributed by atoms with van der Waals surface area (Å²) in [5, 5.41) is 11.5. The highest BCUT2D eigenvalue weighted by atomic mass is 16.5. The summed E-state index contributed by atoms with van der Waals surface area (Å²) in [4.78, 5) is 11.7. The van der Waals surface area contributed by atoms with Gasteiger partial charge in [-0.2, -0.15) is 0 Å². The van der Waals surface area contributed by atoms with E-state index in [1.807, 2.05) is 26.0 Å². The number of rotatable bonds is 5. The van der Waals surface area contributed by atoms with Gasteiger partial charge in [0, 0.05) is 17.9 Å². The van der Waals surface area contributed by atoms with Gasteiger partial charge in [-0.3, -0.25) is 4.79 Å². The molecule has 2 N–H and O–H groups in total. The van der Waals surface area contributed by atoms with E-state index in [1.165, 1.54) is 0 Å². The van der Waals surface area contributed by atoms with Crippen molar-refractivity contribution < 1.29 is 14.6 Å². The van der Waals surface area contributed by atoms with E-state index in [1.54, 1.807) is 6.07 Å². The first-order chi connectivity index (χ1) is 9.17. The molecule has 1 aromatic carbocycles. The Morgan fingerprint density at radius 1 is 1.47 bits per heavy atom. The zero-order chi connectivity index (χ0) is 14.1. The number of aliphatic hydroxyl groups is 1. The molecular formula is C15H19NO3. The predicted molar refractivity (Wildman–Crippen MR) is 74.9 cm³/mol. The molecule has 0 aromatic heterocycles. The van der Waals surface area contributed by atoms with Gasteiger partial charge in [0.2, 0.25) is 5.91 Å². The maximum Gasteiger partial charge on any atom is 0.226 e. The highest BCUT2D eigenvalue weighted by molar-refractivity contribution is 5.91. The minimum absolute atomic E-state index is 0.0798. The van der Waals surface area contributed by atoms with E-state index in [-0.39, 0.29) is 12.5 Å². The van der Waals surface area contributed by atoms with Gasteiger partial charge in [0.15, 0.2) is 0 Å². The molecule has 0 saturated heterocycles. The number of carbonyl (C=O) groups excluding carboxylic acids is 1. The molecule has 4 nitrogen and oxygen atoms in total. The predicted octanol–water partition coefficient (Wildman–Crippen LogP) is 1.70. The maximum atomic E-state index is 11.7. The number of aryl methyl sites for hydroxylation is 1. The monoisotopic (exact) mass is 261 g/mol. The normalized spacial score (nSPS) is 9.63. The third kappa shape index (κ3) is 5.56. The summed E-state index contributed by atoms with van der Waals surface area (Å²) in [7, 11) is 0. The number of benzene rings is 1. The number of anilines is 1. The van der Waals surface area contributed by atoms with Crippen LogP contribution in [-0.4, -0.2) is 30.8 Å². The van der Waals surface area contributed by atoms with Crippen molar-refractivity contribution in [2.24, 2.45) is 0 Å². The lowest BCUT2D eigenvalue weighted by Crippen LogP contribution is -2.15. The fourth-order valence-electron chi connectivity index (χ4n) is 1.50. The molecular weight excluding hydrogens is 242 g/mol. The van der Waals surface area contributed by atoms with E-state index in [4.69, 9.17) is 9.84 Å². The smallest absolute Gasteiger partial charge is 0.226 e. The number of hydrogen-bond donors (Lipinski definition) is 2.